The summed E-state index contributed by atoms with van der Waals surface area (Å²) in [5, 5.41) is 40.6. The van der Waals surface area contributed by atoms with Crippen LogP contribution in [-0.4, -0.2) is 104 Å². The topological polar surface area (TPSA) is 302 Å². The number of hydrogen-bond donors (Lipinski definition) is 8. The minimum absolute atomic E-state index is 0.0112. The van der Waals surface area contributed by atoms with Gasteiger partial charge in [-0.2, -0.15) is 13.5 Å². The van der Waals surface area contributed by atoms with Crippen molar-refractivity contribution in [3.05, 3.63) is 40.4 Å². The van der Waals surface area contributed by atoms with Crippen molar-refractivity contribution in [2.24, 2.45) is 10.9 Å². The maximum Gasteiger partial charge on any atom is 0.418 e. The number of carbonyl (C=O) groups excluding carboxylic acids is 2. The fraction of sp³-hybridized carbons (Fsp3) is 0.533. The van der Waals surface area contributed by atoms with Crippen LogP contribution in [0.5, 0.6) is 5.75 Å². The number of aliphatic hydroxyl groups is 1. The predicted octanol–water partition coefficient (Wildman–Crippen LogP) is 0.0705. The minimum Gasteiger partial charge on any atom is -0.485 e. The lowest BCUT2D eigenvalue weighted by molar-refractivity contribution is -0.218. The number of benzene rings is 1. The minimum atomic E-state index is -5.04. The number of oxime groups is 1. The van der Waals surface area contributed by atoms with E-state index in [0.29, 0.717) is 48.5 Å². The number of fused-ring (bicyclic) bond motifs is 1. The number of β-lactam (4-membered cyclic amide) rings is 1. The normalized spacial score (nSPS) is 25.8. The Balaban J connectivity index is 1.30. The molecule has 3 unspecified atom stereocenters. The first kappa shape index (κ1) is 37.8. The Bertz CT molecular complexity index is 1860. The zero-order valence-electron chi connectivity index (χ0n) is 27.9. The molecule has 3 atom stereocenters. The van der Waals surface area contributed by atoms with Crippen molar-refractivity contribution < 1.29 is 51.4 Å². The summed E-state index contributed by atoms with van der Waals surface area (Å²) in [7, 11) is -5.04. The van der Waals surface area contributed by atoms with Crippen LogP contribution < -0.4 is 26.8 Å². The van der Waals surface area contributed by atoms with E-state index >= 15 is 0 Å². The van der Waals surface area contributed by atoms with E-state index in [9.17, 15) is 33.0 Å². The predicted molar refractivity (Wildman–Crippen MR) is 181 cm³/mol. The molecule has 0 bridgehead atoms. The quantitative estimate of drug-likeness (QED) is 0.0468. The third kappa shape index (κ3) is 7.92. The number of aryl methyl sites for hydroxylation is 1. The molecular formula is C30H40N8O11S2. The highest BCUT2D eigenvalue weighted by Gasteiger charge is 2.58. The largest absolute Gasteiger partial charge is 0.485 e. The van der Waals surface area contributed by atoms with Crippen LogP contribution in [0.1, 0.15) is 69.7 Å². The summed E-state index contributed by atoms with van der Waals surface area (Å²) in [6, 6.07) is 3.76. The van der Waals surface area contributed by atoms with Crippen LogP contribution in [0.25, 0.3) is 0 Å². The number of ether oxygens (including phenoxy) is 1. The van der Waals surface area contributed by atoms with Gasteiger partial charge < -0.3 is 41.9 Å². The molecule has 2 aromatic rings. The fourth-order valence-electron chi connectivity index (χ4n) is 6.12. The first-order chi connectivity index (χ1) is 23.8. The number of carboxylic acid groups (broad SMARTS) is 1. The molecule has 1 saturated carbocycles. The zero-order chi connectivity index (χ0) is 37.5. The van der Waals surface area contributed by atoms with Gasteiger partial charge in [-0.3, -0.25) is 19.6 Å². The van der Waals surface area contributed by atoms with Gasteiger partial charge in [-0.25, -0.2) is 9.78 Å². The number of carbonyl (C=O) groups is 3. The Labute approximate surface area is 296 Å². The number of amides is 2. The van der Waals surface area contributed by atoms with E-state index in [2.05, 4.69) is 25.1 Å². The number of aliphatic carboxylic acids is 1. The summed E-state index contributed by atoms with van der Waals surface area (Å²) in [6.07, 6.45) is 1.85. The molecule has 1 aromatic carbocycles. The van der Waals surface area contributed by atoms with Gasteiger partial charge in [0.15, 0.2) is 16.9 Å². The van der Waals surface area contributed by atoms with Gasteiger partial charge in [0.2, 0.25) is 0 Å². The molecule has 2 amide bonds. The van der Waals surface area contributed by atoms with Gasteiger partial charge in [-0.05, 0) is 83.1 Å². The highest BCUT2D eigenvalue weighted by Crippen LogP contribution is 2.36. The van der Waals surface area contributed by atoms with E-state index in [1.165, 1.54) is 26.2 Å². The second-order valence-corrected chi connectivity index (χ2v) is 15.3. The van der Waals surface area contributed by atoms with E-state index in [0.717, 1.165) is 16.9 Å². The van der Waals surface area contributed by atoms with Gasteiger partial charge >= 0.3 is 16.4 Å². The molecule has 10 N–H and O–H groups in total. The molecule has 21 heteroatoms. The van der Waals surface area contributed by atoms with Crippen molar-refractivity contribution in [1.29, 1.82) is 5.41 Å². The van der Waals surface area contributed by atoms with Crippen molar-refractivity contribution in [2.45, 2.75) is 94.2 Å². The van der Waals surface area contributed by atoms with Gasteiger partial charge in [0.25, 0.3) is 17.4 Å². The van der Waals surface area contributed by atoms with Crippen LogP contribution in [0.3, 0.4) is 0 Å². The SMILES string of the molecule is CC(ON=C(C(=O)NC1C(=O)N(OS(=O)(=O)O)C1(C)C)c1csc(N)n1)(C(=O)O)C1CCc2cc(C(=N)NC3CCC(O)(CN)CC3)ccc2O1. The Morgan fingerprint density at radius 1 is 1.25 bits per heavy atom. The number of amidine groups is 1. The van der Waals surface area contributed by atoms with Crippen LogP contribution in [0.4, 0.5) is 5.13 Å². The number of anilines is 1. The summed E-state index contributed by atoms with van der Waals surface area (Å²) in [5.74, 6) is -2.91. The highest BCUT2D eigenvalue weighted by atomic mass is 32.3. The molecule has 3 heterocycles. The lowest BCUT2D eigenvalue weighted by Crippen LogP contribution is -2.76. The third-order valence-electron chi connectivity index (χ3n) is 9.41. The lowest BCUT2D eigenvalue weighted by Gasteiger charge is -2.50. The summed E-state index contributed by atoms with van der Waals surface area (Å²) in [6.45, 7) is 4.15. The zero-order valence-corrected chi connectivity index (χ0v) is 29.5. The molecule has 0 spiro atoms. The van der Waals surface area contributed by atoms with Crippen molar-refractivity contribution in [3.63, 3.8) is 0 Å². The Morgan fingerprint density at radius 2 is 1.94 bits per heavy atom. The number of hydroxylamine groups is 2. The van der Waals surface area contributed by atoms with E-state index in [1.54, 1.807) is 18.2 Å². The Hall–Kier alpha value is -4.41. The van der Waals surface area contributed by atoms with Gasteiger partial charge in [-0.15, -0.1) is 15.6 Å². The number of hydrogen-bond acceptors (Lipinski definition) is 15. The number of nitrogen functional groups attached to an aromatic ring is 1. The van der Waals surface area contributed by atoms with Crippen LogP contribution in [0, 0.1) is 5.41 Å². The Morgan fingerprint density at radius 3 is 2.51 bits per heavy atom. The summed E-state index contributed by atoms with van der Waals surface area (Å²) in [4.78, 5) is 48.4. The first-order valence-electron chi connectivity index (χ1n) is 15.9. The van der Waals surface area contributed by atoms with Crippen LogP contribution in [-0.2, 0) is 40.3 Å². The molecule has 3 aliphatic rings. The number of nitrogens with one attached hydrogen (secondary N) is 3. The van der Waals surface area contributed by atoms with Crippen molar-refractivity contribution in [1.82, 2.24) is 20.7 Å². The van der Waals surface area contributed by atoms with Crippen molar-refractivity contribution in [2.75, 3.05) is 12.3 Å². The van der Waals surface area contributed by atoms with E-state index < -0.39 is 62.8 Å². The standard InChI is InChI=1S/C30H40N8O11S2/c1-28(2)22(25(40)38(28)49-51(44,45)46)36-24(39)21(18-13-50-27(33)35-18)37-48-29(3,26(41)42)20-7-5-15-12-16(4-6-19(15)47-20)23(32)34-17-8-10-30(43,14-31)11-9-17/h4,6,12-13,17,20,22,43H,5,7-11,14,31H2,1-3H3,(H2,32,34)(H2,33,35)(H,36,39)(H,41,42)(H,44,45,46). The second-order valence-electron chi connectivity index (χ2n) is 13.4. The highest BCUT2D eigenvalue weighted by molar-refractivity contribution is 7.80. The van der Waals surface area contributed by atoms with Crippen LogP contribution in [0.2, 0.25) is 0 Å². The molecule has 19 nitrogen and oxygen atoms in total. The maximum absolute atomic E-state index is 13.5. The smallest absolute Gasteiger partial charge is 0.418 e. The van der Waals surface area contributed by atoms with E-state index in [1.807, 2.05) is 0 Å². The monoisotopic (exact) mass is 752 g/mol. The summed E-state index contributed by atoms with van der Waals surface area (Å²) in [5.41, 5.74) is 7.70. The number of rotatable bonds is 12. The van der Waals surface area contributed by atoms with Crippen LogP contribution >= 0.6 is 11.3 Å². The fourth-order valence-corrected chi connectivity index (χ4v) is 7.12. The van der Waals surface area contributed by atoms with Gasteiger partial charge in [0.05, 0.1) is 11.1 Å². The number of nitrogens with two attached hydrogens (primary N) is 2. The van der Waals surface area contributed by atoms with E-state index in [4.69, 9.17) is 31.0 Å². The molecule has 2 aliphatic heterocycles. The molecule has 1 aromatic heterocycles. The molecule has 1 aliphatic carbocycles. The molecule has 0 radical (unpaired) electrons. The maximum atomic E-state index is 13.5. The van der Waals surface area contributed by atoms with Crippen molar-refractivity contribution >= 4 is 56.2 Å². The van der Waals surface area contributed by atoms with Crippen molar-refractivity contribution in [3.8, 4) is 5.75 Å². The number of thiazole rings is 1. The van der Waals surface area contributed by atoms with Gasteiger partial charge in [-0.1, -0.05) is 5.16 Å². The number of carboxylic acids is 1. The molecule has 278 valence electrons. The third-order valence-corrected chi connectivity index (χ3v) is 10.4. The molecule has 51 heavy (non-hydrogen) atoms. The average Bonchev–Trinajstić information content (AvgIpc) is 3.51. The average molecular weight is 753 g/mol. The molecule has 1 saturated heterocycles. The second kappa shape index (κ2) is 14.0. The Kier molecular flexibility index (Phi) is 10.4. The molecule has 5 rings (SSSR count). The summed E-state index contributed by atoms with van der Waals surface area (Å²) < 4.78 is 41.8. The van der Waals surface area contributed by atoms with Gasteiger partial charge in [0, 0.05) is 23.5 Å². The number of aromatic nitrogens is 1. The number of nitrogens with zero attached hydrogens (tertiary/aromatic N) is 3. The van der Waals surface area contributed by atoms with Crippen LogP contribution in [0.15, 0.2) is 28.7 Å². The molecule has 2 fully saturated rings. The molecular weight excluding hydrogens is 713 g/mol. The lowest BCUT2D eigenvalue weighted by atomic mass is 9.82. The first-order valence-corrected chi connectivity index (χ1v) is 18.1. The summed E-state index contributed by atoms with van der Waals surface area (Å²) >= 11 is 0.955. The van der Waals surface area contributed by atoms with E-state index in [-0.39, 0.29) is 35.7 Å². The van der Waals surface area contributed by atoms with Gasteiger partial charge in [0.1, 0.15) is 23.3 Å².